The summed E-state index contributed by atoms with van der Waals surface area (Å²) in [4.78, 5) is 83.3. The third-order valence-electron chi connectivity index (χ3n) is 10.3. The molecule has 326 valence electrons. The predicted octanol–water partition coefficient (Wildman–Crippen LogP) is 7.67. The van der Waals surface area contributed by atoms with Crippen LogP contribution in [0.4, 0.5) is 14.5 Å². The monoisotopic (exact) mass is 908 g/mol. The zero-order chi connectivity index (χ0) is 43.6. The molecular weight excluding hydrogens is 858 g/mol. The van der Waals surface area contributed by atoms with Gasteiger partial charge in [0.25, 0.3) is 5.91 Å². The van der Waals surface area contributed by atoms with Gasteiger partial charge in [0.05, 0.1) is 18.1 Å². The number of hydrogen-bond donors (Lipinski definition) is 1. The SMILES string of the molecule is CCCC(=O)SCCOP(=O)(OCCSC(=O)CCC)C(F)(F)c1ccc2sc(C(=O)N[C@H]3CN(C(C)=O)CC[C@H]4CC[C@@H](C(=O)N(C)c5ccccc5)N4C3=O)cc2c1. The number of amides is 4. The normalized spacial score (nSPS) is 18.5. The quantitative estimate of drug-likeness (QED) is 0.0986. The first-order valence-corrected chi connectivity index (χ1v) is 24.3. The molecule has 1 aromatic heterocycles. The Morgan fingerprint density at radius 1 is 0.933 bits per heavy atom. The zero-order valence-electron chi connectivity index (χ0n) is 34.1. The molecular formula is C41H51F2N4O9PS3. The second-order valence-corrected chi connectivity index (χ2v) is 20.0. The number of nitrogens with one attached hydrogen (secondary N) is 1. The van der Waals surface area contributed by atoms with Crippen molar-refractivity contribution in [3.8, 4) is 0 Å². The van der Waals surface area contributed by atoms with Crippen molar-refractivity contribution in [1.82, 2.24) is 15.1 Å². The summed E-state index contributed by atoms with van der Waals surface area (Å²) in [6.45, 7) is 4.30. The topological polar surface area (TPSA) is 160 Å². The van der Waals surface area contributed by atoms with Crippen LogP contribution in [0.3, 0.4) is 0 Å². The summed E-state index contributed by atoms with van der Waals surface area (Å²) in [6.07, 6.45) is 3.22. The van der Waals surface area contributed by atoms with E-state index in [2.05, 4.69) is 5.32 Å². The number of hydrogen-bond acceptors (Lipinski definition) is 12. The highest BCUT2D eigenvalue weighted by Gasteiger charge is 2.55. The van der Waals surface area contributed by atoms with Crippen LogP contribution >= 0.6 is 42.5 Å². The molecule has 2 saturated heterocycles. The number of anilines is 1. The van der Waals surface area contributed by atoms with Gasteiger partial charge in [0.15, 0.2) is 10.2 Å². The molecule has 13 nitrogen and oxygen atoms in total. The Balaban J connectivity index is 1.36. The molecule has 3 aromatic rings. The predicted molar refractivity (Wildman–Crippen MR) is 232 cm³/mol. The Bertz CT molecular complexity index is 2060. The third-order valence-corrected chi connectivity index (χ3v) is 15.2. The third kappa shape index (κ3) is 11.4. The van der Waals surface area contributed by atoms with E-state index in [0.29, 0.717) is 61.9 Å². The minimum absolute atomic E-state index is 0.0260. The number of halogens is 2. The second-order valence-electron chi connectivity index (χ2n) is 14.5. The summed E-state index contributed by atoms with van der Waals surface area (Å²) in [5.74, 6) is -1.79. The van der Waals surface area contributed by atoms with E-state index < -0.39 is 55.9 Å². The standard InChI is InChI=1S/C41H51F2N4O9PS3/c1-5-10-36(49)58-22-20-55-57(54,56-21-23-59-37(50)11-6-2)41(42,43)29-14-17-34-28(24-29)25-35(60-34)38(51)44-32-26-46(27(3)48)19-18-31-15-16-33(47(31)39(32)52)40(53)45(4)30-12-8-7-9-13-30/h7-9,12-14,17,24-25,31-33H,5-6,10-11,15-16,18-23,26H2,1-4H3,(H,44,51)/t31-,32+,33+/m1/s1. The molecule has 3 heterocycles. The molecule has 0 unspecified atom stereocenters. The minimum Gasteiger partial charge on any atom is -0.340 e. The highest BCUT2D eigenvalue weighted by molar-refractivity contribution is 8.13. The van der Waals surface area contributed by atoms with Gasteiger partial charge in [0, 0.05) is 73.4 Å². The molecule has 2 aromatic carbocycles. The molecule has 2 aliphatic heterocycles. The number of carbonyl (C=O) groups excluding carboxylic acids is 6. The number of fused-ring (bicyclic) bond motifs is 2. The number of carbonyl (C=O) groups is 6. The van der Waals surface area contributed by atoms with Crippen molar-refractivity contribution in [2.45, 2.75) is 89.5 Å². The van der Waals surface area contributed by atoms with Crippen LogP contribution in [0.1, 0.15) is 81.0 Å². The fourth-order valence-corrected chi connectivity index (χ4v) is 11.3. The van der Waals surface area contributed by atoms with Crippen molar-refractivity contribution < 1.29 is 51.2 Å². The number of benzene rings is 2. The first-order chi connectivity index (χ1) is 28.6. The Morgan fingerprint density at radius 3 is 2.17 bits per heavy atom. The lowest BCUT2D eigenvalue weighted by molar-refractivity contribution is -0.144. The number of alkyl halides is 2. The van der Waals surface area contributed by atoms with Gasteiger partial charge in [-0.25, -0.2) is 0 Å². The second kappa shape index (κ2) is 21.4. The highest BCUT2D eigenvalue weighted by atomic mass is 32.2. The maximum absolute atomic E-state index is 16.3. The largest absolute Gasteiger partial charge is 0.404 e. The Kier molecular flexibility index (Phi) is 16.9. The molecule has 2 aliphatic rings. The van der Waals surface area contributed by atoms with Crippen LogP contribution < -0.4 is 10.2 Å². The van der Waals surface area contributed by atoms with Gasteiger partial charge in [-0.2, -0.15) is 8.78 Å². The number of thiophene rings is 1. The van der Waals surface area contributed by atoms with Crippen LogP contribution in [0.2, 0.25) is 0 Å². The van der Waals surface area contributed by atoms with Crippen molar-refractivity contribution >= 4 is 92.1 Å². The van der Waals surface area contributed by atoms with Gasteiger partial charge in [-0.15, -0.1) is 11.3 Å². The minimum atomic E-state index is -5.24. The first-order valence-electron chi connectivity index (χ1n) is 19.9. The number of para-hydroxylation sites is 1. The van der Waals surface area contributed by atoms with Crippen LogP contribution in [-0.2, 0) is 43.2 Å². The molecule has 60 heavy (non-hydrogen) atoms. The van der Waals surface area contributed by atoms with Gasteiger partial charge in [0.2, 0.25) is 17.7 Å². The molecule has 0 saturated carbocycles. The van der Waals surface area contributed by atoms with Crippen LogP contribution in [-0.4, -0.2) is 107 Å². The van der Waals surface area contributed by atoms with Crippen LogP contribution in [0, 0.1) is 0 Å². The Labute approximate surface area is 361 Å². The van der Waals surface area contributed by atoms with Crippen molar-refractivity contribution in [3.05, 3.63) is 65.0 Å². The molecule has 2 fully saturated rings. The highest BCUT2D eigenvalue weighted by Crippen LogP contribution is 2.67. The molecule has 5 rings (SSSR count). The smallest absolute Gasteiger partial charge is 0.340 e. The number of likely N-dealkylation sites (N-methyl/N-ethyl adjacent to an activating group) is 1. The molecule has 0 spiro atoms. The Morgan fingerprint density at radius 2 is 1.57 bits per heavy atom. The van der Waals surface area contributed by atoms with E-state index in [1.165, 1.54) is 28.9 Å². The number of rotatable bonds is 18. The lowest BCUT2D eigenvalue weighted by Gasteiger charge is -2.39. The average Bonchev–Trinajstić information content (AvgIpc) is 3.85. The molecule has 4 amide bonds. The number of nitrogens with zero attached hydrogens (tertiary/aromatic N) is 3. The average molecular weight is 909 g/mol. The summed E-state index contributed by atoms with van der Waals surface area (Å²) >= 11 is 2.76. The molecule has 0 radical (unpaired) electrons. The van der Waals surface area contributed by atoms with Crippen LogP contribution in [0.25, 0.3) is 10.1 Å². The summed E-state index contributed by atoms with van der Waals surface area (Å²) in [6, 6.07) is 11.6. The molecule has 0 bridgehead atoms. The summed E-state index contributed by atoms with van der Waals surface area (Å²) in [5, 5.41) is 2.68. The molecule has 3 atom stereocenters. The fourth-order valence-electron chi connectivity index (χ4n) is 7.12. The van der Waals surface area contributed by atoms with E-state index in [4.69, 9.17) is 9.05 Å². The maximum Gasteiger partial charge on any atom is 0.404 e. The molecule has 0 aliphatic carbocycles. The van der Waals surface area contributed by atoms with Gasteiger partial charge in [-0.3, -0.25) is 33.3 Å². The summed E-state index contributed by atoms with van der Waals surface area (Å²) in [7, 11) is -3.60. The Hall–Kier alpha value is -3.67. The molecule has 1 N–H and O–H groups in total. The lowest BCUT2D eigenvalue weighted by atomic mass is 10.1. The maximum atomic E-state index is 16.3. The summed E-state index contributed by atoms with van der Waals surface area (Å²) in [5.41, 5.74) is -4.20. The van der Waals surface area contributed by atoms with E-state index in [0.717, 1.165) is 47.0 Å². The van der Waals surface area contributed by atoms with E-state index in [9.17, 15) is 33.3 Å². The number of thioether (sulfide) groups is 2. The van der Waals surface area contributed by atoms with Crippen molar-refractivity contribution in [2.24, 2.45) is 0 Å². The van der Waals surface area contributed by atoms with Crippen molar-refractivity contribution in [1.29, 1.82) is 0 Å². The van der Waals surface area contributed by atoms with Crippen LogP contribution in [0.15, 0.2) is 54.6 Å². The van der Waals surface area contributed by atoms with Gasteiger partial charge in [-0.1, -0.05) is 61.6 Å². The van der Waals surface area contributed by atoms with Crippen molar-refractivity contribution in [2.75, 3.05) is 49.8 Å². The first kappa shape index (κ1) is 47.4. The fraction of sp³-hybridized carbons (Fsp3) is 0.512. The van der Waals surface area contributed by atoms with Gasteiger partial charge >= 0.3 is 13.3 Å². The van der Waals surface area contributed by atoms with E-state index in [-0.39, 0.29) is 56.4 Å². The zero-order valence-corrected chi connectivity index (χ0v) is 37.4. The van der Waals surface area contributed by atoms with Crippen LogP contribution in [0.5, 0.6) is 0 Å². The van der Waals surface area contributed by atoms with E-state index in [1.807, 2.05) is 32.0 Å². The lowest BCUT2D eigenvalue weighted by Crippen LogP contribution is -2.61. The van der Waals surface area contributed by atoms with Gasteiger partial charge < -0.3 is 29.1 Å². The molecule has 19 heteroatoms. The summed E-state index contributed by atoms with van der Waals surface area (Å²) < 4.78 is 57.6. The van der Waals surface area contributed by atoms with E-state index >= 15 is 8.78 Å². The van der Waals surface area contributed by atoms with Gasteiger partial charge in [0.1, 0.15) is 12.1 Å². The van der Waals surface area contributed by atoms with Crippen molar-refractivity contribution in [3.63, 3.8) is 0 Å². The van der Waals surface area contributed by atoms with Gasteiger partial charge in [-0.05, 0) is 67.8 Å². The van der Waals surface area contributed by atoms with E-state index in [1.54, 1.807) is 24.1 Å².